The first-order valence-corrected chi connectivity index (χ1v) is 12.4. The minimum absolute atomic E-state index is 0.00474. The Balaban J connectivity index is 1.45. The molecule has 1 atom stereocenters. The summed E-state index contributed by atoms with van der Waals surface area (Å²) in [5.41, 5.74) is 7.20. The van der Waals surface area contributed by atoms with Crippen LogP contribution in [-0.2, 0) is 17.7 Å². The van der Waals surface area contributed by atoms with Gasteiger partial charge < -0.3 is 4.90 Å². The van der Waals surface area contributed by atoms with E-state index in [0.717, 1.165) is 65.7 Å². The van der Waals surface area contributed by atoms with Crippen molar-refractivity contribution in [3.05, 3.63) is 89.5 Å². The fourth-order valence-electron chi connectivity index (χ4n) is 4.99. The molecule has 172 valence electrons. The van der Waals surface area contributed by atoms with Gasteiger partial charge in [-0.2, -0.15) is 0 Å². The third-order valence-corrected chi connectivity index (χ3v) is 6.84. The van der Waals surface area contributed by atoms with Crippen LogP contribution in [0.25, 0.3) is 17.2 Å². The Morgan fingerprint density at radius 2 is 1.82 bits per heavy atom. The number of hydrogen-bond acceptors (Lipinski definition) is 2. The Kier molecular flexibility index (Phi) is 6.34. The minimum Gasteiger partial charge on any atom is -0.308 e. The largest absolute Gasteiger partial charge is 0.308 e. The molecule has 0 saturated heterocycles. The number of fused-ring (bicyclic) bond motifs is 1. The smallest absolute Gasteiger partial charge is 0.230 e. The third-order valence-electron chi connectivity index (χ3n) is 6.84. The topological polar surface area (TPSA) is 32.7 Å². The van der Waals surface area contributed by atoms with Crippen molar-refractivity contribution in [2.75, 3.05) is 4.90 Å². The normalized spacial score (nSPS) is 16.9. The average Bonchev–Trinajstić information content (AvgIpc) is 3.38. The molecule has 0 aromatic heterocycles. The molecule has 0 N–H and O–H groups in total. The van der Waals surface area contributed by atoms with Gasteiger partial charge in [0.05, 0.1) is 13.6 Å². The maximum atomic E-state index is 13.8. The Bertz CT molecular complexity index is 1260. The summed E-state index contributed by atoms with van der Waals surface area (Å²) in [6.45, 7) is 1.19. The van der Waals surface area contributed by atoms with Gasteiger partial charge >= 0.3 is 0 Å². The molecule has 1 fully saturated rings. The zero-order valence-corrected chi connectivity index (χ0v) is 19.8. The molecule has 0 bridgehead atoms. The molecular weight excluding hydrogens is 416 g/mol. The molecule has 1 heterocycles. The van der Waals surface area contributed by atoms with E-state index in [1.54, 1.807) is 4.90 Å². The highest BCUT2D eigenvalue weighted by Gasteiger charge is 2.27. The van der Waals surface area contributed by atoms with Gasteiger partial charge in [0.1, 0.15) is 0 Å². The number of hydrogen-bond donors (Lipinski definition) is 0. The lowest BCUT2D eigenvalue weighted by molar-refractivity contribution is -0.123. The van der Waals surface area contributed by atoms with Gasteiger partial charge in [-0.3, -0.25) is 9.79 Å². The van der Waals surface area contributed by atoms with E-state index in [9.17, 15) is 6.17 Å². The number of nitrogens with zero attached hydrogens (tertiary/aromatic N) is 2. The van der Waals surface area contributed by atoms with E-state index in [0.29, 0.717) is 0 Å². The predicted octanol–water partition coefficient (Wildman–Crippen LogP) is 7.76. The second-order valence-electron chi connectivity index (χ2n) is 9.25. The van der Waals surface area contributed by atoms with E-state index >= 15 is 0 Å². The quantitative estimate of drug-likeness (QED) is 0.378. The van der Waals surface area contributed by atoms with Crippen molar-refractivity contribution in [3.63, 3.8) is 0 Å². The van der Waals surface area contributed by atoms with Gasteiger partial charge in [-0.05, 0) is 71.8 Å². The molecule has 2 aliphatic rings. The Morgan fingerprint density at radius 1 is 1.03 bits per heavy atom. The number of carbonyl (C=O) groups excluding carboxylic acids is 1. The average molecular weight is 450 g/mol. The van der Waals surface area contributed by atoms with Crippen LogP contribution in [0.2, 0.25) is 0 Å². The first kappa shape index (κ1) is 21.1. The molecule has 0 radical (unpaired) electrons. The number of aliphatic imine (C=N–C) groups is 1. The summed E-state index contributed by atoms with van der Waals surface area (Å²) in [6.07, 6.45) is 12.1. The minimum atomic E-state index is -0.798. The summed E-state index contributed by atoms with van der Waals surface area (Å²) < 4.78 is 9.18. The molecule has 3 aromatic rings. The lowest BCUT2D eigenvalue weighted by Gasteiger charge is -2.30. The number of benzene rings is 3. The van der Waals surface area contributed by atoms with Gasteiger partial charge in [-0.1, -0.05) is 73.9 Å². The molecule has 1 aliphatic heterocycles. The fraction of sp³-hybridized carbons (Fsp3) is 0.290. The molecule has 1 amide bonds. The zero-order valence-electron chi connectivity index (χ0n) is 20.8. The summed E-state index contributed by atoms with van der Waals surface area (Å²) in [5, 5.41) is 0. The Morgan fingerprint density at radius 3 is 2.62 bits per heavy atom. The molecule has 1 unspecified atom stereocenters. The van der Waals surface area contributed by atoms with Crippen LogP contribution in [0.15, 0.2) is 77.8 Å². The Hall–Kier alpha value is -3.46. The zero-order chi connectivity index (χ0) is 24.2. The maximum Gasteiger partial charge on any atom is 0.230 e. The number of anilines is 1. The van der Waals surface area contributed by atoms with Crippen molar-refractivity contribution in [3.8, 4) is 11.1 Å². The highest BCUT2D eigenvalue weighted by Crippen LogP contribution is 2.32. The lowest BCUT2D eigenvalue weighted by Crippen LogP contribution is -2.36. The first-order valence-electron chi connectivity index (χ1n) is 13.0. The predicted molar refractivity (Wildman–Crippen MR) is 143 cm³/mol. The monoisotopic (exact) mass is 449 g/mol. The number of amides is 1. The van der Waals surface area contributed by atoms with Gasteiger partial charge in [-0.15, -0.1) is 0 Å². The van der Waals surface area contributed by atoms with Gasteiger partial charge in [0.2, 0.25) is 5.91 Å². The second kappa shape index (κ2) is 10.2. The number of rotatable bonds is 6. The van der Waals surface area contributed by atoms with Crippen molar-refractivity contribution in [1.29, 1.82) is 0 Å². The van der Waals surface area contributed by atoms with Crippen LogP contribution in [0.5, 0.6) is 0 Å². The van der Waals surface area contributed by atoms with Gasteiger partial charge in [0.15, 0.2) is 0 Å². The summed E-state index contributed by atoms with van der Waals surface area (Å²) in [7, 11) is 0. The maximum absolute atomic E-state index is 13.8. The summed E-state index contributed by atoms with van der Waals surface area (Å²) in [6, 6.07) is 22.4. The van der Waals surface area contributed by atoms with Gasteiger partial charge in [-0.25, -0.2) is 0 Å². The van der Waals surface area contributed by atoms with E-state index in [1.807, 2.05) is 61.7 Å². The molecule has 1 aliphatic carbocycles. The van der Waals surface area contributed by atoms with Crippen LogP contribution in [0, 0.1) is 5.92 Å². The van der Waals surface area contributed by atoms with Crippen molar-refractivity contribution < 1.29 is 6.17 Å². The molecule has 3 aromatic carbocycles. The van der Waals surface area contributed by atoms with Crippen LogP contribution in [0.1, 0.15) is 57.1 Å². The molecular formula is C31H32N2O. The fourth-order valence-corrected chi connectivity index (χ4v) is 4.99. The Labute approximate surface area is 204 Å². The van der Waals surface area contributed by atoms with E-state index in [2.05, 4.69) is 35.3 Å². The van der Waals surface area contributed by atoms with Crippen molar-refractivity contribution in [2.45, 2.75) is 52.0 Å². The molecule has 3 heteroatoms. The van der Waals surface area contributed by atoms with Crippen LogP contribution in [-0.4, -0.2) is 12.1 Å². The molecule has 1 saturated carbocycles. The molecule has 5 rings (SSSR count). The molecule has 3 nitrogen and oxygen atoms in total. The van der Waals surface area contributed by atoms with Gasteiger partial charge in [0.25, 0.3) is 0 Å². The van der Waals surface area contributed by atoms with Crippen LogP contribution >= 0.6 is 0 Å². The molecule has 34 heavy (non-hydrogen) atoms. The second-order valence-corrected chi connectivity index (χ2v) is 9.25. The van der Waals surface area contributed by atoms with Crippen molar-refractivity contribution in [1.82, 2.24) is 0 Å². The van der Waals surface area contributed by atoms with Crippen molar-refractivity contribution in [2.24, 2.45) is 10.9 Å². The van der Waals surface area contributed by atoms with E-state index < -0.39 is 6.52 Å². The first-order chi connectivity index (χ1) is 17.1. The van der Waals surface area contributed by atoms with Crippen LogP contribution in [0.4, 0.5) is 11.4 Å². The van der Waals surface area contributed by atoms with Gasteiger partial charge in [0, 0.05) is 24.2 Å². The standard InChI is InChI=1S/C31H32N2O/c1-2-7-23-8-6-11-29(20-23)33(31(34)26-9-4-3-5-10-26)22-24-12-14-25(15-13-24)27-16-17-30-28(21-27)18-19-32-30/h2,6-8,11-17,19-21,26H,3-5,9-10,18,22H2,1H3/b7-2+/i22D. The van der Waals surface area contributed by atoms with E-state index in [1.165, 1.54) is 12.0 Å². The highest BCUT2D eigenvalue weighted by atomic mass is 16.2. The summed E-state index contributed by atoms with van der Waals surface area (Å²) in [5.74, 6) is 0.0694. The number of carbonyl (C=O) groups is 1. The highest BCUT2D eigenvalue weighted by molar-refractivity contribution is 5.95. The number of allylic oxidation sites excluding steroid dienone is 1. The summed E-state index contributed by atoms with van der Waals surface area (Å²) >= 11 is 0. The van der Waals surface area contributed by atoms with Crippen molar-refractivity contribution >= 4 is 29.6 Å². The van der Waals surface area contributed by atoms with Crippen LogP contribution < -0.4 is 4.90 Å². The SMILES string of the molecule is [2H]C(c1ccc(-c2ccc3c(c2)CC=N3)cc1)N(C(=O)C1CCCCC1)c1cccc(/C=C/C)c1. The third kappa shape index (κ3) is 4.89. The van der Waals surface area contributed by atoms with E-state index in [-0.39, 0.29) is 11.8 Å². The van der Waals surface area contributed by atoms with Crippen LogP contribution in [0.3, 0.4) is 0 Å². The molecule has 0 spiro atoms. The van der Waals surface area contributed by atoms with E-state index in [4.69, 9.17) is 0 Å². The summed E-state index contributed by atoms with van der Waals surface area (Å²) in [4.78, 5) is 19.9. The lowest BCUT2D eigenvalue weighted by atomic mass is 9.88.